The van der Waals surface area contributed by atoms with Gasteiger partial charge in [-0.05, 0) is 44.5 Å². The molecule has 0 aliphatic heterocycles. The Bertz CT molecular complexity index is 914. The summed E-state index contributed by atoms with van der Waals surface area (Å²) in [5.41, 5.74) is 1.18. The van der Waals surface area contributed by atoms with E-state index >= 15 is 0 Å². The summed E-state index contributed by atoms with van der Waals surface area (Å²) >= 11 is 0. The van der Waals surface area contributed by atoms with Gasteiger partial charge in [-0.25, -0.2) is 4.79 Å². The SMILES string of the molecule is CCOC(=O)C(Cc1ccccc1)NC(=O)c1ccc(OCC(=O)NC(C)C)c(OC)c1. The van der Waals surface area contributed by atoms with Crippen LogP contribution in [-0.2, 0) is 20.7 Å². The van der Waals surface area contributed by atoms with Gasteiger partial charge in [0.1, 0.15) is 6.04 Å². The van der Waals surface area contributed by atoms with E-state index in [4.69, 9.17) is 14.2 Å². The first-order chi connectivity index (χ1) is 15.3. The fourth-order valence-electron chi connectivity index (χ4n) is 2.96. The van der Waals surface area contributed by atoms with Crippen molar-refractivity contribution in [2.24, 2.45) is 0 Å². The fraction of sp³-hybridized carbons (Fsp3) is 0.375. The van der Waals surface area contributed by atoms with Gasteiger partial charge in [-0.1, -0.05) is 30.3 Å². The zero-order chi connectivity index (χ0) is 23.5. The third kappa shape index (κ3) is 7.61. The lowest BCUT2D eigenvalue weighted by Gasteiger charge is -2.18. The molecule has 2 aromatic rings. The lowest BCUT2D eigenvalue weighted by atomic mass is 10.1. The number of rotatable bonds is 11. The number of ether oxygens (including phenoxy) is 3. The predicted octanol–water partition coefficient (Wildman–Crippen LogP) is 2.50. The first kappa shape index (κ1) is 24.7. The molecule has 2 aromatic carbocycles. The fourth-order valence-corrected chi connectivity index (χ4v) is 2.96. The van der Waals surface area contributed by atoms with Crippen molar-refractivity contribution in [2.75, 3.05) is 20.3 Å². The zero-order valence-corrected chi connectivity index (χ0v) is 18.8. The van der Waals surface area contributed by atoms with E-state index in [0.717, 1.165) is 5.56 Å². The molecule has 0 radical (unpaired) electrons. The number of carbonyl (C=O) groups is 3. The van der Waals surface area contributed by atoms with E-state index in [1.807, 2.05) is 44.2 Å². The Hall–Kier alpha value is -3.55. The number of esters is 1. The third-order valence-corrected chi connectivity index (χ3v) is 4.39. The molecule has 2 rings (SSSR count). The zero-order valence-electron chi connectivity index (χ0n) is 18.8. The maximum absolute atomic E-state index is 12.8. The minimum atomic E-state index is -0.841. The highest BCUT2D eigenvalue weighted by Crippen LogP contribution is 2.28. The van der Waals surface area contributed by atoms with Gasteiger partial charge in [0.15, 0.2) is 18.1 Å². The molecular weight excluding hydrogens is 412 g/mol. The van der Waals surface area contributed by atoms with Gasteiger partial charge in [0.05, 0.1) is 13.7 Å². The van der Waals surface area contributed by atoms with E-state index in [1.165, 1.54) is 19.2 Å². The Kier molecular flexibility index (Phi) is 9.53. The van der Waals surface area contributed by atoms with E-state index in [2.05, 4.69) is 10.6 Å². The van der Waals surface area contributed by atoms with Gasteiger partial charge in [-0.3, -0.25) is 9.59 Å². The number of benzene rings is 2. The molecule has 0 saturated carbocycles. The van der Waals surface area contributed by atoms with Crippen molar-refractivity contribution in [1.29, 1.82) is 0 Å². The standard InChI is InChI=1S/C24H30N2O6/c1-5-31-24(29)19(13-17-9-7-6-8-10-17)26-23(28)18-11-12-20(21(14-18)30-4)32-15-22(27)25-16(2)3/h6-12,14,16,19H,5,13,15H2,1-4H3,(H,25,27)(H,26,28). The van der Waals surface area contributed by atoms with Crippen molar-refractivity contribution in [2.45, 2.75) is 39.3 Å². The summed E-state index contributed by atoms with van der Waals surface area (Å²) in [7, 11) is 1.44. The molecular formula is C24H30N2O6. The van der Waals surface area contributed by atoms with Gasteiger partial charge in [0.25, 0.3) is 11.8 Å². The summed E-state index contributed by atoms with van der Waals surface area (Å²) in [5, 5.41) is 5.46. The first-order valence-corrected chi connectivity index (χ1v) is 10.5. The van der Waals surface area contributed by atoms with Crippen molar-refractivity contribution < 1.29 is 28.6 Å². The van der Waals surface area contributed by atoms with Gasteiger partial charge in [0, 0.05) is 18.0 Å². The molecule has 0 heterocycles. The van der Waals surface area contributed by atoms with E-state index in [0.29, 0.717) is 17.9 Å². The number of methoxy groups -OCH3 is 1. The molecule has 8 nitrogen and oxygen atoms in total. The molecule has 1 unspecified atom stereocenters. The van der Waals surface area contributed by atoms with Crippen molar-refractivity contribution in [1.82, 2.24) is 10.6 Å². The molecule has 0 saturated heterocycles. The number of hydrogen-bond acceptors (Lipinski definition) is 6. The molecule has 1 atom stereocenters. The highest BCUT2D eigenvalue weighted by atomic mass is 16.5. The molecule has 172 valence electrons. The van der Waals surface area contributed by atoms with Crippen molar-refractivity contribution in [3.8, 4) is 11.5 Å². The maximum Gasteiger partial charge on any atom is 0.328 e. The van der Waals surface area contributed by atoms with Gasteiger partial charge in [0.2, 0.25) is 0 Å². The normalized spacial score (nSPS) is 11.4. The Balaban J connectivity index is 2.11. The average Bonchev–Trinajstić information content (AvgIpc) is 2.77. The quantitative estimate of drug-likeness (QED) is 0.519. The largest absolute Gasteiger partial charge is 0.493 e. The number of carbonyl (C=O) groups excluding carboxylic acids is 3. The molecule has 0 spiro atoms. The Morgan fingerprint density at radius 3 is 2.31 bits per heavy atom. The number of hydrogen-bond donors (Lipinski definition) is 2. The molecule has 0 aliphatic carbocycles. The van der Waals surface area contributed by atoms with Gasteiger partial charge in [-0.2, -0.15) is 0 Å². The van der Waals surface area contributed by atoms with E-state index in [1.54, 1.807) is 13.0 Å². The third-order valence-electron chi connectivity index (χ3n) is 4.39. The summed E-state index contributed by atoms with van der Waals surface area (Å²) in [6, 6.07) is 13.1. The highest BCUT2D eigenvalue weighted by molar-refractivity contribution is 5.97. The number of nitrogens with one attached hydrogen (secondary N) is 2. The van der Waals surface area contributed by atoms with Crippen LogP contribution in [0.3, 0.4) is 0 Å². The lowest BCUT2D eigenvalue weighted by Crippen LogP contribution is -2.43. The second-order valence-electron chi connectivity index (χ2n) is 7.34. The second-order valence-corrected chi connectivity index (χ2v) is 7.34. The molecule has 0 aliphatic rings. The highest BCUT2D eigenvalue weighted by Gasteiger charge is 2.24. The van der Waals surface area contributed by atoms with Crippen LogP contribution in [0, 0.1) is 0 Å². The Labute approximate surface area is 188 Å². The summed E-state index contributed by atoms with van der Waals surface area (Å²) in [6.45, 7) is 5.46. The van der Waals surface area contributed by atoms with E-state index in [9.17, 15) is 14.4 Å². The monoisotopic (exact) mass is 442 g/mol. The predicted molar refractivity (Wildman–Crippen MR) is 120 cm³/mol. The van der Waals surface area contributed by atoms with Gasteiger partial charge < -0.3 is 24.8 Å². The maximum atomic E-state index is 12.8. The van der Waals surface area contributed by atoms with Crippen LogP contribution in [-0.4, -0.2) is 50.2 Å². The summed E-state index contributed by atoms with van der Waals surface area (Å²) < 4.78 is 15.9. The van der Waals surface area contributed by atoms with Crippen LogP contribution in [0.1, 0.15) is 36.7 Å². The minimum Gasteiger partial charge on any atom is -0.493 e. The second kappa shape index (κ2) is 12.3. The number of amides is 2. The van der Waals surface area contributed by atoms with Crippen LogP contribution in [0.2, 0.25) is 0 Å². The van der Waals surface area contributed by atoms with E-state index in [-0.39, 0.29) is 30.7 Å². The van der Waals surface area contributed by atoms with Crippen LogP contribution >= 0.6 is 0 Å². The topological polar surface area (TPSA) is 103 Å². The van der Waals surface area contributed by atoms with Crippen molar-refractivity contribution in [3.05, 3.63) is 59.7 Å². The smallest absolute Gasteiger partial charge is 0.328 e. The van der Waals surface area contributed by atoms with Crippen molar-refractivity contribution >= 4 is 17.8 Å². The first-order valence-electron chi connectivity index (χ1n) is 10.5. The molecule has 32 heavy (non-hydrogen) atoms. The summed E-state index contributed by atoms with van der Waals surface area (Å²) in [6.07, 6.45) is 0.300. The summed E-state index contributed by atoms with van der Waals surface area (Å²) in [5.74, 6) is -0.601. The molecule has 0 fully saturated rings. The molecule has 2 N–H and O–H groups in total. The van der Waals surface area contributed by atoms with Crippen LogP contribution < -0.4 is 20.1 Å². The van der Waals surface area contributed by atoms with Crippen molar-refractivity contribution in [3.63, 3.8) is 0 Å². The molecule has 0 bridgehead atoms. The van der Waals surface area contributed by atoms with Crippen LogP contribution in [0.5, 0.6) is 11.5 Å². The lowest BCUT2D eigenvalue weighted by molar-refractivity contribution is -0.145. The molecule has 2 amide bonds. The minimum absolute atomic E-state index is 0.00213. The summed E-state index contributed by atoms with van der Waals surface area (Å²) in [4.78, 5) is 37.0. The Morgan fingerprint density at radius 2 is 1.69 bits per heavy atom. The average molecular weight is 443 g/mol. The molecule has 0 aromatic heterocycles. The van der Waals surface area contributed by atoms with Crippen LogP contribution in [0.15, 0.2) is 48.5 Å². The van der Waals surface area contributed by atoms with Gasteiger partial charge in [-0.15, -0.1) is 0 Å². The van der Waals surface area contributed by atoms with Crippen LogP contribution in [0.4, 0.5) is 0 Å². The Morgan fingerprint density at radius 1 is 0.969 bits per heavy atom. The van der Waals surface area contributed by atoms with Crippen LogP contribution in [0.25, 0.3) is 0 Å². The van der Waals surface area contributed by atoms with Gasteiger partial charge >= 0.3 is 5.97 Å². The van der Waals surface area contributed by atoms with E-state index < -0.39 is 17.9 Å². The molecule has 8 heteroatoms.